The van der Waals surface area contributed by atoms with Gasteiger partial charge in [-0.2, -0.15) is 4.98 Å². The van der Waals surface area contributed by atoms with Crippen LogP contribution in [0.25, 0.3) is 0 Å². The van der Waals surface area contributed by atoms with Gasteiger partial charge in [-0.1, -0.05) is 11.6 Å². The summed E-state index contributed by atoms with van der Waals surface area (Å²) in [6.07, 6.45) is 6.14. The molecule has 4 nitrogen and oxygen atoms in total. The van der Waals surface area contributed by atoms with Crippen LogP contribution >= 0.6 is 0 Å². The number of hydrogen-bond acceptors (Lipinski definition) is 4. The lowest BCUT2D eigenvalue weighted by molar-refractivity contribution is 0.366. The van der Waals surface area contributed by atoms with E-state index >= 15 is 0 Å². The number of likely N-dealkylation sites (N-methyl/N-ethyl adjacent to an activating group) is 1. The molecule has 0 saturated heterocycles. The summed E-state index contributed by atoms with van der Waals surface area (Å²) in [6.45, 7) is 0. The summed E-state index contributed by atoms with van der Waals surface area (Å²) >= 11 is 0. The highest BCUT2D eigenvalue weighted by Gasteiger charge is 2.34. The molecule has 0 spiro atoms. The first kappa shape index (κ1) is 9.33. The predicted molar refractivity (Wildman–Crippen MR) is 55.7 cm³/mol. The second kappa shape index (κ2) is 3.59. The number of nitrogens with one attached hydrogen (secondary N) is 1. The molecule has 3 rings (SSSR count). The average molecular weight is 207 g/mol. The molecule has 4 heteroatoms. The molecule has 1 heterocycles. The van der Waals surface area contributed by atoms with Crippen molar-refractivity contribution in [3.05, 3.63) is 11.7 Å². The first-order valence-corrected chi connectivity index (χ1v) is 5.89. The molecule has 1 aromatic heterocycles. The normalized spacial score (nSPS) is 31.0. The fourth-order valence-corrected chi connectivity index (χ4v) is 2.51. The third kappa shape index (κ3) is 1.67. The maximum Gasteiger partial charge on any atom is 0.229 e. The highest BCUT2D eigenvalue weighted by molar-refractivity contribution is 5.08. The third-order valence-corrected chi connectivity index (χ3v) is 3.60. The number of aromatic nitrogens is 2. The molecule has 1 aromatic rings. The molecule has 2 aliphatic rings. The molecular formula is C11H17N3O. The van der Waals surface area contributed by atoms with Crippen LogP contribution in [-0.2, 0) is 0 Å². The van der Waals surface area contributed by atoms with Gasteiger partial charge in [0, 0.05) is 17.9 Å². The van der Waals surface area contributed by atoms with Crippen molar-refractivity contribution in [2.24, 2.45) is 0 Å². The third-order valence-electron chi connectivity index (χ3n) is 3.60. The van der Waals surface area contributed by atoms with Crippen molar-refractivity contribution in [2.45, 2.75) is 50.0 Å². The summed E-state index contributed by atoms with van der Waals surface area (Å²) in [6, 6.07) is 0.537. The standard InChI is InChI=1S/C11H17N3O/c1-12-9-4-2-3-8(9)10-13-11(15-14-10)7-5-6-7/h7-9,12H,2-6H2,1H3/t8-,9-/m1/s1. The minimum Gasteiger partial charge on any atom is -0.339 e. The van der Waals surface area contributed by atoms with Gasteiger partial charge in [0.15, 0.2) is 5.82 Å². The highest BCUT2D eigenvalue weighted by atomic mass is 16.5. The Bertz CT molecular complexity index is 345. The molecule has 0 bridgehead atoms. The van der Waals surface area contributed by atoms with Gasteiger partial charge in [0.2, 0.25) is 5.89 Å². The van der Waals surface area contributed by atoms with Crippen LogP contribution in [0.1, 0.15) is 55.7 Å². The molecular weight excluding hydrogens is 190 g/mol. The van der Waals surface area contributed by atoms with E-state index in [4.69, 9.17) is 4.52 Å². The maximum atomic E-state index is 5.30. The van der Waals surface area contributed by atoms with E-state index in [1.807, 2.05) is 7.05 Å². The molecule has 1 N–H and O–H groups in total. The molecule has 0 unspecified atom stereocenters. The van der Waals surface area contributed by atoms with Crippen LogP contribution in [0.4, 0.5) is 0 Å². The Hall–Kier alpha value is -0.900. The summed E-state index contributed by atoms with van der Waals surface area (Å²) in [5, 5.41) is 7.48. The smallest absolute Gasteiger partial charge is 0.229 e. The second-order valence-electron chi connectivity index (χ2n) is 4.70. The number of rotatable bonds is 3. The second-order valence-corrected chi connectivity index (χ2v) is 4.70. The summed E-state index contributed by atoms with van der Waals surface area (Å²) in [5.74, 6) is 2.83. The van der Waals surface area contributed by atoms with Gasteiger partial charge in [0.05, 0.1) is 0 Å². The average Bonchev–Trinajstić information content (AvgIpc) is 2.83. The van der Waals surface area contributed by atoms with Crippen LogP contribution in [-0.4, -0.2) is 23.2 Å². The monoisotopic (exact) mass is 207 g/mol. The Morgan fingerprint density at radius 2 is 2.13 bits per heavy atom. The van der Waals surface area contributed by atoms with Crippen molar-refractivity contribution in [2.75, 3.05) is 7.05 Å². The van der Waals surface area contributed by atoms with Gasteiger partial charge in [0.1, 0.15) is 0 Å². The quantitative estimate of drug-likeness (QED) is 0.821. The van der Waals surface area contributed by atoms with E-state index in [0.717, 1.165) is 11.7 Å². The summed E-state index contributed by atoms with van der Waals surface area (Å²) in [7, 11) is 2.02. The topological polar surface area (TPSA) is 51.0 Å². The van der Waals surface area contributed by atoms with Gasteiger partial charge in [-0.25, -0.2) is 0 Å². The number of nitrogens with zero attached hydrogens (tertiary/aromatic N) is 2. The summed E-state index contributed by atoms with van der Waals surface area (Å²) in [4.78, 5) is 4.53. The lowest BCUT2D eigenvalue weighted by Gasteiger charge is -2.14. The van der Waals surface area contributed by atoms with Gasteiger partial charge in [-0.05, 0) is 32.7 Å². The Morgan fingerprint density at radius 1 is 1.27 bits per heavy atom. The zero-order valence-corrected chi connectivity index (χ0v) is 9.07. The molecule has 2 saturated carbocycles. The first-order valence-electron chi connectivity index (χ1n) is 5.89. The fraction of sp³-hybridized carbons (Fsp3) is 0.818. The van der Waals surface area contributed by atoms with Crippen molar-refractivity contribution >= 4 is 0 Å². The first-order chi connectivity index (χ1) is 7.38. The van der Waals surface area contributed by atoms with Crippen molar-refractivity contribution in [3.63, 3.8) is 0 Å². The highest BCUT2D eigenvalue weighted by Crippen LogP contribution is 2.40. The molecule has 2 atom stereocenters. The van der Waals surface area contributed by atoms with E-state index in [1.165, 1.54) is 32.1 Å². The van der Waals surface area contributed by atoms with Gasteiger partial charge in [0.25, 0.3) is 0 Å². The Morgan fingerprint density at radius 3 is 2.87 bits per heavy atom. The van der Waals surface area contributed by atoms with Crippen molar-refractivity contribution < 1.29 is 4.52 Å². The van der Waals surface area contributed by atoms with E-state index in [1.54, 1.807) is 0 Å². The van der Waals surface area contributed by atoms with Crippen LogP contribution in [0, 0.1) is 0 Å². The zero-order valence-electron chi connectivity index (χ0n) is 9.07. The summed E-state index contributed by atoms with van der Waals surface area (Å²) in [5.41, 5.74) is 0. The van der Waals surface area contributed by atoms with E-state index < -0.39 is 0 Å². The molecule has 0 amide bonds. The van der Waals surface area contributed by atoms with Gasteiger partial charge < -0.3 is 9.84 Å². The van der Waals surface area contributed by atoms with Crippen molar-refractivity contribution in [3.8, 4) is 0 Å². The zero-order chi connectivity index (χ0) is 10.3. The van der Waals surface area contributed by atoms with Gasteiger partial charge >= 0.3 is 0 Å². The van der Waals surface area contributed by atoms with Crippen LogP contribution in [0.5, 0.6) is 0 Å². The van der Waals surface area contributed by atoms with E-state index in [9.17, 15) is 0 Å². The van der Waals surface area contributed by atoms with Crippen LogP contribution in [0.3, 0.4) is 0 Å². The van der Waals surface area contributed by atoms with E-state index in [-0.39, 0.29) is 0 Å². The van der Waals surface area contributed by atoms with Crippen LogP contribution in [0.15, 0.2) is 4.52 Å². The molecule has 2 aliphatic carbocycles. The molecule has 0 aliphatic heterocycles. The minimum absolute atomic E-state index is 0.464. The van der Waals surface area contributed by atoms with Gasteiger partial charge in [-0.15, -0.1) is 0 Å². The van der Waals surface area contributed by atoms with Gasteiger partial charge in [-0.3, -0.25) is 0 Å². The maximum absolute atomic E-state index is 5.30. The largest absolute Gasteiger partial charge is 0.339 e. The van der Waals surface area contributed by atoms with Crippen LogP contribution in [0.2, 0.25) is 0 Å². The molecule has 82 valence electrons. The predicted octanol–water partition coefficient (Wildman–Crippen LogP) is 1.80. The number of hydrogen-bond donors (Lipinski definition) is 1. The fourth-order valence-electron chi connectivity index (χ4n) is 2.51. The Kier molecular flexibility index (Phi) is 2.24. The van der Waals surface area contributed by atoms with E-state index in [2.05, 4.69) is 15.5 Å². The van der Waals surface area contributed by atoms with E-state index in [0.29, 0.717) is 17.9 Å². The molecule has 2 fully saturated rings. The lowest BCUT2D eigenvalue weighted by atomic mass is 10.0. The molecule has 0 radical (unpaired) electrons. The SMILES string of the molecule is CN[C@@H]1CCC[C@H]1c1noc(C2CC2)n1. The van der Waals surface area contributed by atoms with Crippen molar-refractivity contribution in [1.29, 1.82) is 0 Å². The molecule has 0 aromatic carbocycles. The lowest BCUT2D eigenvalue weighted by Crippen LogP contribution is -2.28. The Labute approximate surface area is 89.4 Å². The van der Waals surface area contributed by atoms with Crippen molar-refractivity contribution in [1.82, 2.24) is 15.5 Å². The van der Waals surface area contributed by atoms with Crippen LogP contribution < -0.4 is 5.32 Å². The minimum atomic E-state index is 0.464. The Balaban J connectivity index is 1.78. The summed E-state index contributed by atoms with van der Waals surface area (Å²) < 4.78 is 5.30. The molecule has 15 heavy (non-hydrogen) atoms.